The van der Waals surface area contributed by atoms with Crippen LogP contribution < -0.4 is 5.32 Å². The van der Waals surface area contributed by atoms with Crippen LogP contribution in [0.3, 0.4) is 0 Å². The number of nitrogens with zero attached hydrogens (tertiary/aromatic N) is 1. The van der Waals surface area contributed by atoms with Crippen LogP contribution in [0.4, 0.5) is 0 Å². The van der Waals surface area contributed by atoms with Crippen molar-refractivity contribution in [3.63, 3.8) is 0 Å². The van der Waals surface area contributed by atoms with E-state index in [2.05, 4.69) is 29.5 Å². The summed E-state index contributed by atoms with van der Waals surface area (Å²) >= 11 is 0. The van der Waals surface area contributed by atoms with Gasteiger partial charge in [-0.15, -0.1) is 0 Å². The minimum Gasteiger partial charge on any atom is -0.360 e. The molecule has 0 spiro atoms. The van der Waals surface area contributed by atoms with Crippen LogP contribution in [0.5, 0.6) is 0 Å². The molecule has 0 aliphatic carbocycles. The van der Waals surface area contributed by atoms with E-state index in [4.69, 9.17) is 4.52 Å². The van der Waals surface area contributed by atoms with Crippen molar-refractivity contribution in [3.05, 3.63) is 52.9 Å². The summed E-state index contributed by atoms with van der Waals surface area (Å²) < 4.78 is 5.28. The third-order valence-corrected chi connectivity index (χ3v) is 3.91. The second-order valence-electron chi connectivity index (χ2n) is 5.89. The Morgan fingerprint density at radius 2 is 1.95 bits per heavy atom. The summed E-state index contributed by atoms with van der Waals surface area (Å²) in [4.78, 5) is 12.5. The van der Waals surface area contributed by atoms with Crippen LogP contribution in [-0.2, 0) is 0 Å². The summed E-state index contributed by atoms with van der Waals surface area (Å²) in [5.41, 5.74) is 2.48. The molecule has 2 aromatic rings. The SMILES string of the molecule is CCC(CNC(=O)c1c(C)noc1C(C)C)c1ccccc1. The zero-order valence-corrected chi connectivity index (χ0v) is 13.7. The van der Waals surface area contributed by atoms with Crippen LogP contribution >= 0.6 is 0 Å². The number of aryl methyl sites for hydroxylation is 1. The van der Waals surface area contributed by atoms with Crippen molar-refractivity contribution in [2.24, 2.45) is 0 Å². The van der Waals surface area contributed by atoms with Crippen LogP contribution in [0, 0.1) is 6.92 Å². The fourth-order valence-corrected chi connectivity index (χ4v) is 2.58. The number of carbonyl (C=O) groups excluding carboxylic acids is 1. The van der Waals surface area contributed by atoms with E-state index < -0.39 is 0 Å². The van der Waals surface area contributed by atoms with Gasteiger partial charge in [0.2, 0.25) is 0 Å². The van der Waals surface area contributed by atoms with Gasteiger partial charge < -0.3 is 9.84 Å². The number of amides is 1. The summed E-state index contributed by atoms with van der Waals surface area (Å²) in [6.07, 6.45) is 0.976. The quantitative estimate of drug-likeness (QED) is 0.876. The first-order valence-corrected chi connectivity index (χ1v) is 7.83. The third kappa shape index (κ3) is 3.56. The minimum absolute atomic E-state index is 0.100. The molecule has 0 aliphatic heterocycles. The van der Waals surface area contributed by atoms with Crippen molar-refractivity contribution in [1.82, 2.24) is 10.5 Å². The van der Waals surface area contributed by atoms with E-state index >= 15 is 0 Å². The number of aromatic nitrogens is 1. The average molecular weight is 300 g/mol. The lowest BCUT2D eigenvalue weighted by Gasteiger charge is -2.16. The number of carbonyl (C=O) groups is 1. The van der Waals surface area contributed by atoms with Gasteiger partial charge in [-0.2, -0.15) is 0 Å². The van der Waals surface area contributed by atoms with Crippen LogP contribution in [0.1, 0.15) is 66.4 Å². The van der Waals surface area contributed by atoms with Crippen LogP contribution in [0.15, 0.2) is 34.9 Å². The molecule has 0 aliphatic rings. The fourth-order valence-electron chi connectivity index (χ4n) is 2.58. The lowest BCUT2D eigenvalue weighted by atomic mass is 9.96. The molecule has 118 valence electrons. The lowest BCUT2D eigenvalue weighted by Crippen LogP contribution is -2.29. The standard InChI is InChI=1S/C18H24N2O2/c1-5-14(15-9-7-6-8-10-15)11-19-18(21)16-13(4)20-22-17(16)12(2)3/h6-10,12,14H,5,11H2,1-4H3,(H,19,21). The summed E-state index contributed by atoms with van der Waals surface area (Å²) in [5.74, 6) is 1.01. The van der Waals surface area contributed by atoms with Gasteiger partial charge in [0.05, 0.1) is 5.69 Å². The molecule has 1 N–H and O–H groups in total. The average Bonchev–Trinajstić information content (AvgIpc) is 2.91. The molecule has 4 nitrogen and oxygen atoms in total. The van der Waals surface area contributed by atoms with Crippen molar-refractivity contribution < 1.29 is 9.32 Å². The number of rotatable bonds is 6. The topological polar surface area (TPSA) is 55.1 Å². The van der Waals surface area contributed by atoms with Crippen LogP contribution in [0.2, 0.25) is 0 Å². The Balaban J connectivity index is 2.08. The predicted octanol–water partition coefficient (Wildman–Crippen LogP) is 4.03. The molecule has 0 saturated carbocycles. The minimum atomic E-state index is -0.100. The highest BCUT2D eigenvalue weighted by Crippen LogP contribution is 2.23. The molecule has 1 atom stereocenters. The van der Waals surface area contributed by atoms with Gasteiger partial charge in [0.25, 0.3) is 5.91 Å². The summed E-state index contributed by atoms with van der Waals surface area (Å²) in [6, 6.07) is 10.3. The highest BCUT2D eigenvalue weighted by Gasteiger charge is 2.23. The Bertz CT molecular complexity index is 617. The number of nitrogens with one attached hydrogen (secondary N) is 1. The molecule has 0 radical (unpaired) electrons. The number of benzene rings is 1. The van der Waals surface area contributed by atoms with Gasteiger partial charge in [0.15, 0.2) is 5.76 Å². The van der Waals surface area contributed by atoms with Crippen molar-refractivity contribution in [3.8, 4) is 0 Å². The predicted molar refractivity (Wildman–Crippen MR) is 87.1 cm³/mol. The highest BCUT2D eigenvalue weighted by atomic mass is 16.5. The van der Waals surface area contributed by atoms with Crippen LogP contribution in [-0.4, -0.2) is 17.6 Å². The van der Waals surface area contributed by atoms with Gasteiger partial charge in [0, 0.05) is 18.4 Å². The number of hydrogen-bond acceptors (Lipinski definition) is 3. The molecule has 4 heteroatoms. The van der Waals surface area contributed by atoms with E-state index in [1.807, 2.05) is 32.0 Å². The first kappa shape index (κ1) is 16.3. The molecule has 22 heavy (non-hydrogen) atoms. The molecule has 0 saturated heterocycles. The molecule has 0 bridgehead atoms. The largest absolute Gasteiger partial charge is 0.360 e. The second kappa shape index (κ2) is 7.25. The maximum atomic E-state index is 12.5. The van der Waals surface area contributed by atoms with Crippen molar-refractivity contribution in [2.45, 2.75) is 46.0 Å². The maximum Gasteiger partial charge on any atom is 0.256 e. The monoisotopic (exact) mass is 300 g/mol. The van der Waals surface area contributed by atoms with E-state index in [0.29, 0.717) is 29.5 Å². The molecule has 1 aromatic carbocycles. The maximum absolute atomic E-state index is 12.5. The first-order chi connectivity index (χ1) is 10.5. The van der Waals surface area contributed by atoms with Crippen LogP contribution in [0.25, 0.3) is 0 Å². The fraction of sp³-hybridized carbons (Fsp3) is 0.444. The molecule has 1 aromatic heterocycles. The summed E-state index contributed by atoms with van der Waals surface area (Å²) in [7, 11) is 0. The van der Waals surface area contributed by atoms with E-state index in [1.54, 1.807) is 6.92 Å². The molecule has 1 heterocycles. The Kier molecular flexibility index (Phi) is 5.36. The number of hydrogen-bond donors (Lipinski definition) is 1. The Morgan fingerprint density at radius 3 is 2.55 bits per heavy atom. The molecule has 1 unspecified atom stereocenters. The van der Waals surface area contributed by atoms with Gasteiger partial charge in [-0.3, -0.25) is 4.79 Å². The molecular weight excluding hydrogens is 276 g/mol. The molecule has 1 amide bonds. The third-order valence-electron chi connectivity index (χ3n) is 3.91. The van der Waals surface area contributed by atoms with Crippen molar-refractivity contribution in [2.75, 3.05) is 6.54 Å². The molecule has 0 fully saturated rings. The second-order valence-corrected chi connectivity index (χ2v) is 5.89. The lowest BCUT2D eigenvalue weighted by molar-refractivity contribution is 0.0948. The summed E-state index contributed by atoms with van der Waals surface area (Å²) in [6.45, 7) is 8.54. The van der Waals surface area contributed by atoms with Gasteiger partial charge in [-0.1, -0.05) is 56.3 Å². The highest BCUT2D eigenvalue weighted by molar-refractivity contribution is 5.96. The van der Waals surface area contributed by atoms with E-state index in [0.717, 1.165) is 6.42 Å². The Hall–Kier alpha value is -2.10. The van der Waals surface area contributed by atoms with Gasteiger partial charge >= 0.3 is 0 Å². The normalized spacial score (nSPS) is 12.4. The van der Waals surface area contributed by atoms with E-state index in [1.165, 1.54) is 5.56 Å². The van der Waals surface area contributed by atoms with Gasteiger partial charge in [-0.25, -0.2) is 0 Å². The summed E-state index contributed by atoms with van der Waals surface area (Å²) in [5, 5.41) is 6.96. The molecular formula is C18H24N2O2. The Labute approximate surface area is 131 Å². The molecule has 2 rings (SSSR count). The van der Waals surface area contributed by atoms with E-state index in [-0.39, 0.29) is 11.8 Å². The zero-order valence-electron chi connectivity index (χ0n) is 13.7. The zero-order chi connectivity index (χ0) is 16.1. The van der Waals surface area contributed by atoms with Crippen molar-refractivity contribution >= 4 is 5.91 Å². The van der Waals surface area contributed by atoms with Gasteiger partial charge in [-0.05, 0) is 18.9 Å². The first-order valence-electron chi connectivity index (χ1n) is 7.83. The Morgan fingerprint density at radius 1 is 1.27 bits per heavy atom. The van der Waals surface area contributed by atoms with Gasteiger partial charge in [0.1, 0.15) is 5.56 Å². The smallest absolute Gasteiger partial charge is 0.256 e. The van der Waals surface area contributed by atoms with Crippen molar-refractivity contribution in [1.29, 1.82) is 0 Å². The van der Waals surface area contributed by atoms with E-state index in [9.17, 15) is 4.79 Å².